The quantitative estimate of drug-likeness (QED) is 0.229. The molecule has 0 saturated heterocycles. The number of pyridine rings is 1. The summed E-state index contributed by atoms with van der Waals surface area (Å²) in [6.45, 7) is 0.571. The number of carbonyl (C=O) groups excluding carboxylic acids is 1. The monoisotopic (exact) mass is 393 g/mol. The molecule has 3 rings (SSSR count). The van der Waals surface area contributed by atoms with E-state index in [-0.39, 0.29) is 48.1 Å². The van der Waals surface area contributed by atoms with Crippen molar-refractivity contribution in [2.75, 3.05) is 20.3 Å². The van der Waals surface area contributed by atoms with Gasteiger partial charge in [0.2, 0.25) is 5.88 Å². The third kappa shape index (κ3) is 5.06. The molecule has 0 bridgehead atoms. The fraction of sp³-hybridized carbons (Fsp3) is 0.421. The molecular weight excluding hydrogens is 373 g/mol. The van der Waals surface area contributed by atoms with Gasteiger partial charge in [-0.2, -0.15) is 10.2 Å². The third-order valence-corrected chi connectivity index (χ3v) is 4.36. The van der Waals surface area contributed by atoms with E-state index in [1.54, 1.807) is 29.8 Å². The minimum absolute atomic E-state index is 0. The number of fused-ring (bicyclic) bond motifs is 1. The number of methoxy groups -OCH3 is 1. The predicted molar refractivity (Wildman–Crippen MR) is 94.0 cm³/mol. The summed E-state index contributed by atoms with van der Waals surface area (Å²) in [6, 6.07) is 5.21. The van der Waals surface area contributed by atoms with Crippen molar-refractivity contribution in [1.29, 1.82) is 5.26 Å². The van der Waals surface area contributed by atoms with Crippen LogP contribution in [0.3, 0.4) is 0 Å². The first-order chi connectivity index (χ1) is 13.1. The van der Waals surface area contributed by atoms with Crippen LogP contribution in [0, 0.1) is 11.3 Å². The number of aliphatic carboxylic acids is 1. The molecule has 1 saturated carbocycles. The first-order valence-electron chi connectivity index (χ1n) is 8.76. The van der Waals surface area contributed by atoms with Crippen LogP contribution in [0.15, 0.2) is 23.9 Å². The molecule has 1 fully saturated rings. The first kappa shape index (κ1) is 22.2. The summed E-state index contributed by atoms with van der Waals surface area (Å²) in [7, 11) is 1.55. The van der Waals surface area contributed by atoms with Crippen molar-refractivity contribution in [3.8, 4) is 17.7 Å². The average Bonchev–Trinajstić information content (AvgIpc) is 3.28. The number of carbonyl (C=O) groups is 1. The molecule has 0 atom stereocenters. The Morgan fingerprint density at radius 2 is 2.18 bits per heavy atom. The maximum absolute atomic E-state index is 11.1. The maximum Gasteiger partial charge on any atom is 1.00 e. The van der Waals surface area contributed by atoms with Crippen molar-refractivity contribution in [2.24, 2.45) is 0 Å². The summed E-state index contributed by atoms with van der Waals surface area (Å²) in [5.74, 6) is -0.773. The van der Waals surface area contributed by atoms with Gasteiger partial charge in [-0.15, -0.1) is 0 Å². The van der Waals surface area contributed by atoms with Crippen LogP contribution in [-0.2, 0) is 9.53 Å². The molecule has 8 nitrogen and oxygen atoms in total. The van der Waals surface area contributed by atoms with E-state index in [9.17, 15) is 9.90 Å². The van der Waals surface area contributed by atoms with Gasteiger partial charge in [-0.05, 0) is 43.9 Å². The Hall–Kier alpha value is -2.05. The molecule has 0 N–H and O–H groups in total. The summed E-state index contributed by atoms with van der Waals surface area (Å²) in [5, 5.41) is 20.2. The molecule has 142 valence electrons. The van der Waals surface area contributed by atoms with Crippen molar-refractivity contribution in [2.45, 2.75) is 31.8 Å². The van der Waals surface area contributed by atoms with Gasteiger partial charge in [0, 0.05) is 13.3 Å². The predicted octanol–water partition coefficient (Wildman–Crippen LogP) is -1.66. The molecule has 1 aliphatic rings. The zero-order valence-corrected chi connectivity index (χ0v) is 18.0. The van der Waals surface area contributed by atoms with E-state index in [0.29, 0.717) is 23.7 Å². The number of imidazole rings is 1. The molecule has 0 spiro atoms. The largest absolute Gasteiger partial charge is 1.00 e. The normalized spacial score (nSPS) is 14.5. The van der Waals surface area contributed by atoms with Crippen molar-refractivity contribution in [3.05, 3.63) is 29.6 Å². The van der Waals surface area contributed by atoms with E-state index >= 15 is 0 Å². The van der Waals surface area contributed by atoms with Crippen LogP contribution in [0.2, 0.25) is 0 Å². The van der Waals surface area contributed by atoms with Crippen LogP contribution in [0.4, 0.5) is 0 Å². The second kappa shape index (κ2) is 10.5. The fourth-order valence-electron chi connectivity index (χ4n) is 3.05. The SMILES string of the molecule is COCCOc1nc2c(OC3CCCC3)cccn2c1/C=C(\C#N)C(=O)[O-].[Na+]. The van der Waals surface area contributed by atoms with Gasteiger partial charge < -0.3 is 24.1 Å². The van der Waals surface area contributed by atoms with Gasteiger partial charge in [0.1, 0.15) is 18.4 Å². The molecule has 0 aliphatic heterocycles. The smallest absolute Gasteiger partial charge is 0.544 e. The number of carboxylic acid groups (broad SMARTS) is 1. The number of rotatable bonds is 8. The number of aromatic nitrogens is 2. The number of ether oxygens (including phenoxy) is 3. The van der Waals surface area contributed by atoms with Gasteiger partial charge in [-0.3, -0.25) is 4.40 Å². The summed E-state index contributed by atoms with van der Waals surface area (Å²) in [4.78, 5) is 15.6. The van der Waals surface area contributed by atoms with Crippen LogP contribution >= 0.6 is 0 Å². The summed E-state index contributed by atoms with van der Waals surface area (Å²) >= 11 is 0. The Kier molecular flexibility index (Phi) is 8.33. The standard InChI is InChI=1S/C19H21N3O5.Na/c1-25-9-10-26-18-15(11-13(12-20)19(23)24)22-8-4-7-16(17(22)21-18)27-14-5-2-3-6-14;/h4,7-8,11,14H,2-3,5-6,9-10H2,1H3,(H,23,24);/q;+1/p-1/b13-11+;. The van der Waals surface area contributed by atoms with Gasteiger partial charge in [0.05, 0.1) is 24.3 Å². The van der Waals surface area contributed by atoms with Crippen molar-refractivity contribution >= 4 is 17.7 Å². The van der Waals surface area contributed by atoms with E-state index in [2.05, 4.69) is 4.98 Å². The van der Waals surface area contributed by atoms with Gasteiger partial charge >= 0.3 is 29.6 Å². The molecule has 9 heteroatoms. The van der Waals surface area contributed by atoms with Crippen molar-refractivity contribution in [3.63, 3.8) is 0 Å². The van der Waals surface area contributed by atoms with Gasteiger partial charge in [-0.1, -0.05) is 0 Å². The Morgan fingerprint density at radius 1 is 1.43 bits per heavy atom. The summed E-state index contributed by atoms with van der Waals surface area (Å²) < 4.78 is 18.3. The van der Waals surface area contributed by atoms with E-state index in [1.165, 1.54) is 6.08 Å². The molecule has 0 unspecified atom stereocenters. The molecule has 2 aromatic rings. The zero-order valence-electron chi connectivity index (χ0n) is 16.0. The Bertz CT molecular complexity index is 897. The van der Waals surface area contributed by atoms with Crippen LogP contribution in [-0.4, -0.2) is 41.8 Å². The number of hydrogen-bond donors (Lipinski definition) is 0. The van der Waals surface area contributed by atoms with E-state index in [4.69, 9.17) is 19.5 Å². The van der Waals surface area contributed by atoms with Crippen LogP contribution in [0.5, 0.6) is 11.6 Å². The Balaban J connectivity index is 0.00000280. The van der Waals surface area contributed by atoms with Gasteiger partial charge in [0.15, 0.2) is 11.4 Å². The molecule has 2 heterocycles. The molecule has 28 heavy (non-hydrogen) atoms. The summed E-state index contributed by atoms with van der Waals surface area (Å²) in [6.07, 6.45) is 7.31. The zero-order chi connectivity index (χ0) is 19.2. The van der Waals surface area contributed by atoms with Crippen LogP contribution in [0.25, 0.3) is 11.7 Å². The van der Waals surface area contributed by atoms with E-state index in [0.717, 1.165) is 25.7 Å². The molecule has 0 aromatic carbocycles. The number of hydrogen-bond acceptors (Lipinski definition) is 7. The van der Waals surface area contributed by atoms with E-state index in [1.807, 2.05) is 6.07 Å². The number of nitrogens with zero attached hydrogens (tertiary/aromatic N) is 3. The average molecular weight is 393 g/mol. The number of carboxylic acids is 1. The van der Waals surface area contributed by atoms with Crippen molar-refractivity contribution < 1.29 is 53.7 Å². The molecular formula is C19H20N3NaO5. The third-order valence-electron chi connectivity index (χ3n) is 4.36. The first-order valence-corrected chi connectivity index (χ1v) is 8.76. The fourth-order valence-corrected chi connectivity index (χ4v) is 3.05. The minimum atomic E-state index is -1.56. The van der Waals surface area contributed by atoms with Gasteiger partial charge in [0.25, 0.3) is 0 Å². The Labute approximate surface area is 185 Å². The van der Waals surface area contributed by atoms with E-state index < -0.39 is 11.5 Å². The Morgan fingerprint density at radius 3 is 2.82 bits per heavy atom. The van der Waals surface area contributed by atoms with Crippen LogP contribution < -0.4 is 44.1 Å². The summed E-state index contributed by atoms with van der Waals surface area (Å²) in [5.41, 5.74) is 0.313. The van der Waals surface area contributed by atoms with Crippen LogP contribution in [0.1, 0.15) is 31.4 Å². The van der Waals surface area contributed by atoms with Crippen molar-refractivity contribution in [1.82, 2.24) is 9.38 Å². The number of nitriles is 1. The molecule has 0 radical (unpaired) electrons. The van der Waals surface area contributed by atoms with Gasteiger partial charge in [-0.25, -0.2) is 0 Å². The maximum atomic E-state index is 11.1. The molecule has 2 aromatic heterocycles. The topological polar surface area (TPSA) is 109 Å². The molecule has 0 amide bonds. The second-order valence-corrected chi connectivity index (χ2v) is 6.19. The minimum Gasteiger partial charge on any atom is -0.544 e. The molecule has 1 aliphatic carbocycles. The second-order valence-electron chi connectivity index (χ2n) is 6.19.